The molecule has 0 heterocycles. The maximum absolute atomic E-state index is 12.0. The lowest BCUT2D eigenvalue weighted by molar-refractivity contribution is 0.0798. The lowest BCUT2D eigenvalue weighted by atomic mass is 10.2. The van der Waals surface area contributed by atoms with E-state index in [4.69, 9.17) is 11.0 Å². The van der Waals surface area contributed by atoms with Gasteiger partial charge in [-0.3, -0.25) is 4.79 Å². The molecule has 0 aliphatic carbocycles. The van der Waals surface area contributed by atoms with Crippen LogP contribution in [0.1, 0.15) is 16.8 Å². The van der Waals surface area contributed by atoms with Crippen LogP contribution in [0.4, 0.5) is 5.69 Å². The molecule has 6 nitrogen and oxygen atoms in total. The molecule has 1 aromatic rings. The second kappa shape index (κ2) is 5.71. The normalized spacial score (nSPS) is 10.8. The first kappa shape index (κ1) is 15.0. The fraction of sp³-hybridized carbons (Fsp3) is 0.333. The Labute approximate surface area is 112 Å². The van der Waals surface area contributed by atoms with Gasteiger partial charge in [0, 0.05) is 31.1 Å². The number of nitrogens with two attached hydrogens (primary N) is 1. The number of hydrogen-bond acceptors (Lipinski definition) is 5. The molecule has 1 rings (SSSR count). The number of anilines is 1. The zero-order valence-electron chi connectivity index (χ0n) is 10.8. The van der Waals surface area contributed by atoms with Crippen LogP contribution in [0.5, 0.6) is 0 Å². The van der Waals surface area contributed by atoms with E-state index in [1.54, 1.807) is 7.05 Å². The molecule has 0 aromatic heterocycles. The maximum Gasteiger partial charge on any atom is 0.253 e. The zero-order chi connectivity index (χ0) is 14.6. The third kappa shape index (κ3) is 3.96. The Balaban J connectivity index is 3.12. The predicted molar refractivity (Wildman–Crippen MR) is 71.2 cm³/mol. The summed E-state index contributed by atoms with van der Waals surface area (Å²) in [5, 5.41) is 8.48. The molecule has 2 N–H and O–H groups in total. The monoisotopic (exact) mass is 281 g/mol. The number of sulfone groups is 1. The van der Waals surface area contributed by atoms with Gasteiger partial charge >= 0.3 is 0 Å². The quantitative estimate of drug-likeness (QED) is 0.816. The van der Waals surface area contributed by atoms with Crippen LogP contribution >= 0.6 is 0 Å². The van der Waals surface area contributed by atoms with Crippen molar-refractivity contribution in [2.75, 3.05) is 25.6 Å². The van der Waals surface area contributed by atoms with Gasteiger partial charge in [0.15, 0.2) is 9.84 Å². The van der Waals surface area contributed by atoms with Crippen LogP contribution in [-0.2, 0) is 9.84 Å². The van der Waals surface area contributed by atoms with Gasteiger partial charge in [-0.2, -0.15) is 5.26 Å². The molecule has 0 saturated heterocycles. The molecule has 102 valence electrons. The molecule has 0 atom stereocenters. The molecule has 0 aliphatic heterocycles. The van der Waals surface area contributed by atoms with E-state index in [0.717, 1.165) is 6.26 Å². The molecule has 0 bridgehead atoms. The number of nitrogens with zero attached hydrogens (tertiary/aromatic N) is 2. The Hall–Kier alpha value is -2.07. The third-order valence-corrected chi connectivity index (χ3v) is 3.60. The highest BCUT2D eigenvalue weighted by atomic mass is 32.2. The van der Waals surface area contributed by atoms with Crippen molar-refractivity contribution in [2.45, 2.75) is 11.3 Å². The zero-order valence-corrected chi connectivity index (χ0v) is 11.6. The van der Waals surface area contributed by atoms with Crippen molar-refractivity contribution < 1.29 is 13.2 Å². The number of hydrogen-bond donors (Lipinski definition) is 1. The highest BCUT2D eigenvalue weighted by Gasteiger charge is 2.16. The minimum Gasteiger partial charge on any atom is -0.399 e. The van der Waals surface area contributed by atoms with Crippen LogP contribution in [0.2, 0.25) is 0 Å². The number of amides is 1. The van der Waals surface area contributed by atoms with Crippen LogP contribution in [-0.4, -0.2) is 39.1 Å². The first-order valence-electron chi connectivity index (χ1n) is 5.48. The summed E-state index contributed by atoms with van der Waals surface area (Å²) >= 11 is 0. The van der Waals surface area contributed by atoms with Crippen molar-refractivity contribution in [1.82, 2.24) is 4.90 Å². The van der Waals surface area contributed by atoms with Crippen molar-refractivity contribution in [1.29, 1.82) is 5.26 Å². The molecule has 19 heavy (non-hydrogen) atoms. The van der Waals surface area contributed by atoms with E-state index in [1.807, 2.05) is 6.07 Å². The lowest BCUT2D eigenvalue weighted by Gasteiger charge is -2.16. The van der Waals surface area contributed by atoms with Gasteiger partial charge in [0.05, 0.1) is 17.4 Å². The van der Waals surface area contributed by atoms with Crippen molar-refractivity contribution in [2.24, 2.45) is 0 Å². The Morgan fingerprint density at radius 3 is 2.58 bits per heavy atom. The summed E-state index contributed by atoms with van der Waals surface area (Å²) in [4.78, 5) is 13.4. The summed E-state index contributed by atoms with van der Waals surface area (Å²) in [5.74, 6) is -0.368. The maximum atomic E-state index is 12.0. The fourth-order valence-corrected chi connectivity index (χ4v) is 2.19. The van der Waals surface area contributed by atoms with E-state index in [9.17, 15) is 13.2 Å². The second-order valence-corrected chi connectivity index (χ2v) is 6.21. The van der Waals surface area contributed by atoms with E-state index in [-0.39, 0.29) is 35.0 Å². The Morgan fingerprint density at radius 2 is 2.05 bits per heavy atom. The molecule has 1 amide bonds. The number of carbonyl (C=O) groups excluding carboxylic acids is 1. The molecular weight excluding hydrogens is 266 g/mol. The largest absolute Gasteiger partial charge is 0.399 e. The lowest BCUT2D eigenvalue weighted by Crippen LogP contribution is -2.27. The number of rotatable bonds is 4. The summed E-state index contributed by atoms with van der Waals surface area (Å²) < 4.78 is 23.0. The first-order valence-corrected chi connectivity index (χ1v) is 7.38. The van der Waals surface area contributed by atoms with Crippen LogP contribution in [0.25, 0.3) is 0 Å². The minimum atomic E-state index is -3.43. The van der Waals surface area contributed by atoms with Gasteiger partial charge in [0.2, 0.25) is 0 Å². The standard InChI is InChI=1S/C12H15N3O3S/c1-15(5-3-4-13)12(16)9-6-10(14)8-11(7-9)19(2,17)18/h6-8H,3,5,14H2,1-2H3. The van der Waals surface area contributed by atoms with Crippen LogP contribution < -0.4 is 5.73 Å². The van der Waals surface area contributed by atoms with Crippen LogP contribution in [0, 0.1) is 11.3 Å². The third-order valence-electron chi connectivity index (χ3n) is 2.51. The smallest absolute Gasteiger partial charge is 0.253 e. The van der Waals surface area contributed by atoms with Gasteiger partial charge in [-0.25, -0.2) is 8.42 Å². The van der Waals surface area contributed by atoms with Crippen LogP contribution in [0.3, 0.4) is 0 Å². The van der Waals surface area contributed by atoms with Gasteiger partial charge in [0.25, 0.3) is 5.91 Å². The molecule has 0 spiro atoms. The van der Waals surface area contributed by atoms with E-state index >= 15 is 0 Å². The summed E-state index contributed by atoms with van der Waals surface area (Å²) in [6.07, 6.45) is 1.26. The topological polar surface area (TPSA) is 104 Å². The van der Waals surface area contributed by atoms with Crippen molar-refractivity contribution in [3.05, 3.63) is 23.8 Å². The van der Waals surface area contributed by atoms with Crippen molar-refractivity contribution >= 4 is 21.4 Å². The number of carbonyl (C=O) groups is 1. The molecule has 0 radical (unpaired) electrons. The highest BCUT2D eigenvalue weighted by molar-refractivity contribution is 7.90. The minimum absolute atomic E-state index is 0.00420. The molecule has 0 aliphatic rings. The summed E-state index contributed by atoms with van der Waals surface area (Å²) in [5.41, 5.74) is 6.01. The van der Waals surface area contributed by atoms with E-state index in [1.165, 1.54) is 23.1 Å². The molecular formula is C12H15N3O3S. The highest BCUT2D eigenvalue weighted by Crippen LogP contribution is 2.18. The Morgan fingerprint density at radius 1 is 1.42 bits per heavy atom. The van der Waals surface area contributed by atoms with E-state index in [2.05, 4.69) is 0 Å². The fourth-order valence-electron chi connectivity index (χ4n) is 1.50. The van der Waals surface area contributed by atoms with E-state index < -0.39 is 9.84 Å². The van der Waals surface area contributed by atoms with Gasteiger partial charge in [-0.1, -0.05) is 0 Å². The number of benzene rings is 1. The summed E-state index contributed by atoms with van der Waals surface area (Å²) in [7, 11) is -1.88. The van der Waals surface area contributed by atoms with Gasteiger partial charge in [-0.05, 0) is 18.2 Å². The predicted octanol–water partition coefficient (Wildman–Crippen LogP) is 0.658. The van der Waals surface area contributed by atoms with Crippen molar-refractivity contribution in [3.63, 3.8) is 0 Å². The SMILES string of the molecule is CN(CCC#N)C(=O)c1cc(N)cc(S(C)(=O)=O)c1. The first-order chi connectivity index (χ1) is 8.75. The number of nitriles is 1. The van der Waals surface area contributed by atoms with E-state index in [0.29, 0.717) is 0 Å². The van der Waals surface area contributed by atoms with Gasteiger partial charge in [-0.15, -0.1) is 0 Å². The summed E-state index contributed by atoms with van der Waals surface area (Å²) in [6, 6.07) is 5.95. The average molecular weight is 281 g/mol. The number of nitrogen functional groups attached to an aromatic ring is 1. The molecule has 0 unspecified atom stereocenters. The molecule has 0 fully saturated rings. The molecule has 7 heteroatoms. The van der Waals surface area contributed by atoms with Gasteiger partial charge < -0.3 is 10.6 Å². The molecule has 1 aromatic carbocycles. The van der Waals surface area contributed by atoms with Gasteiger partial charge in [0.1, 0.15) is 0 Å². The Kier molecular flexibility index (Phi) is 4.51. The second-order valence-electron chi connectivity index (χ2n) is 4.20. The average Bonchev–Trinajstić information content (AvgIpc) is 2.33. The summed E-state index contributed by atoms with van der Waals surface area (Å²) in [6.45, 7) is 0.276. The molecule has 0 saturated carbocycles. The van der Waals surface area contributed by atoms with Crippen molar-refractivity contribution in [3.8, 4) is 6.07 Å². The Bertz CT molecular complexity index is 632. The van der Waals surface area contributed by atoms with Crippen LogP contribution in [0.15, 0.2) is 23.1 Å².